The Bertz CT molecular complexity index is 1140. The Kier molecular flexibility index (Phi) is 7.17. The van der Waals surface area contributed by atoms with Crippen molar-refractivity contribution in [1.82, 2.24) is 15.2 Å². The zero-order valence-electron chi connectivity index (χ0n) is 18.2. The van der Waals surface area contributed by atoms with Crippen LogP contribution in [0.15, 0.2) is 53.3 Å². The topological polar surface area (TPSA) is 57.4 Å². The number of rotatable bonds is 7. The van der Waals surface area contributed by atoms with Gasteiger partial charge in [0.1, 0.15) is 5.82 Å². The summed E-state index contributed by atoms with van der Waals surface area (Å²) >= 11 is 5.69. The molecule has 0 radical (unpaired) electrons. The minimum atomic E-state index is -0.280. The molecule has 1 aliphatic rings. The summed E-state index contributed by atoms with van der Waals surface area (Å²) in [6, 6.07) is 14.4. The van der Waals surface area contributed by atoms with E-state index in [1.807, 2.05) is 23.1 Å². The number of nitrogens with zero attached hydrogens (tertiary/aromatic N) is 1. The number of fused-ring (bicyclic) bond motifs is 1. The molecular weight excluding hydrogens is 425 g/mol. The van der Waals surface area contributed by atoms with Crippen molar-refractivity contribution in [3.8, 4) is 0 Å². The summed E-state index contributed by atoms with van der Waals surface area (Å²) in [5.41, 5.74) is 3.45. The standard InChI is InChI=1S/C25H28FN3O2S/c1-2-17-7-10-23-19(12-17)13-20(24(30)28-23)16-29(15-18-5-8-21(26)9-6-18)25(32)27-14-22-4-3-11-31-22/h5-10,12-13,22H,2-4,11,14-16H2,1H3,(H,27,32)(H,28,30)/t22-/m0/s1. The molecule has 3 aromatic rings. The van der Waals surface area contributed by atoms with Crippen LogP contribution in [0.1, 0.15) is 36.5 Å². The highest BCUT2D eigenvalue weighted by molar-refractivity contribution is 7.80. The number of aromatic amines is 1. The van der Waals surface area contributed by atoms with Crippen molar-refractivity contribution in [2.75, 3.05) is 13.2 Å². The van der Waals surface area contributed by atoms with E-state index in [-0.39, 0.29) is 17.5 Å². The van der Waals surface area contributed by atoms with Crippen molar-refractivity contribution in [1.29, 1.82) is 0 Å². The first-order valence-electron chi connectivity index (χ1n) is 11.1. The third-order valence-corrected chi connectivity index (χ3v) is 6.24. The molecule has 1 saturated heterocycles. The van der Waals surface area contributed by atoms with Gasteiger partial charge in [-0.2, -0.15) is 0 Å². The van der Waals surface area contributed by atoms with E-state index in [0.29, 0.717) is 30.3 Å². The van der Waals surface area contributed by atoms with Crippen LogP contribution < -0.4 is 10.9 Å². The summed E-state index contributed by atoms with van der Waals surface area (Å²) in [5.74, 6) is -0.280. The van der Waals surface area contributed by atoms with E-state index in [2.05, 4.69) is 23.3 Å². The van der Waals surface area contributed by atoms with Crippen molar-refractivity contribution in [3.63, 3.8) is 0 Å². The van der Waals surface area contributed by atoms with E-state index in [0.717, 1.165) is 42.3 Å². The van der Waals surface area contributed by atoms with Gasteiger partial charge in [0, 0.05) is 30.8 Å². The van der Waals surface area contributed by atoms with Gasteiger partial charge in [-0.15, -0.1) is 0 Å². The van der Waals surface area contributed by atoms with Gasteiger partial charge in [0.15, 0.2) is 5.11 Å². The van der Waals surface area contributed by atoms with E-state index < -0.39 is 0 Å². The molecule has 0 aliphatic carbocycles. The predicted molar refractivity (Wildman–Crippen MR) is 129 cm³/mol. The maximum Gasteiger partial charge on any atom is 0.253 e. The molecule has 0 bridgehead atoms. The summed E-state index contributed by atoms with van der Waals surface area (Å²) in [7, 11) is 0. The lowest BCUT2D eigenvalue weighted by atomic mass is 10.1. The number of aryl methyl sites for hydroxylation is 1. The second kappa shape index (κ2) is 10.2. The molecule has 2 heterocycles. The van der Waals surface area contributed by atoms with Crippen molar-refractivity contribution >= 4 is 28.2 Å². The second-order valence-corrected chi connectivity index (χ2v) is 8.59. The van der Waals surface area contributed by atoms with Gasteiger partial charge in [-0.3, -0.25) is 4.79 Å². The van der Waals surface area contributed by atoms with Crippen molar-refractivity contribution < 1.29 is 9.13 Å². The molecule has 1 aromatic heterocycles. The van der Waals surface area contributed by atoms with Crippen LogP contribution in [-0.2, 0) is 24.2 Å². The first-order valence-corrected chi connectivity index (χ1v) is 11.5. The molecule has 5 nitrogen and oxygen atoms in total. The number of aromatic nitrogens is 1. The second-order valence-electron chi connectivity index (χ2n) is 8.20. The zero-order valence-corrected chi connectivity index (χ0v) is 19.0. The lowest BCUT2D eigenvalue weighted by molar-refractivity contribution is 0.113. The average molecular weight is 454 g/mol. The van der Waals surface area contributed by atoms with Crippen LogP contribution in [0.2, 0.25) is 0 Å². The fraction of sp³-hybridized carbons (Fsp3) is 0.360. The highest BCUT2D eigenvalue weighted by Gasteiger charge is 2.18. The molecular formula is C25H28FN3O2S. The number of ether oxygens (including phenoxy) is 1. The van der Waals surface area contributed by atoms with E-state index >= 15 is 0 Å². The van der Waals surface area contributed by atoms with Gasteiger partial charge in [0.25, 0.3) is 5.56 Å². The lowest BCUT2D eigenvalue weighted by Gasteiger charge is -2.27. The first-order chi connectivity index (χ1) is 15.5. The van der Waals surface area contributed by atoms with Gasteiger partial charge >= 0.3 is 0 Å². The third kappa shape index (κ3) is 5.53. The molecule has 2 N–H and O–H groups in total. The van der Waals surface area contributed by atoms with Crippen LogP contribution in [0.4, 0.5) is 4.39 Å². The minimum absolute atomic E-state index is 0.132. The Labute approximate surface area is 192 Å². The fourth-order valence-electron chi connectivity index (χ4n) is 3.97. The van der Waals surface area contributed by atoms with Crippen molar-refractivity contribution in [2.24, 2.45) is 0 Å². The van der Waals surface area contributed by atoms with Crippen LogP contribution in [0, 0.1) is 5.82 Å². The highest BCUT2D eigenvalue weighted by atomic mass is 32.1. The molecule has 4 rings (SSSR count). The normalized spacial score (nSPS) is 15.8. The van der Waals surface area contributed by atoms with Crippen LogP contribution >= 0.6 is 12.2 Å². The minimum Gasteiger partial charge on any atom is -0.376 e. The molecule has 0 spiro atoms. The Morgan fingerprint density at radius 2 is 1.97 bits per heavy atom. The highest BCUT2D eigenvalue weighted by Crippen LogP contribution is 2.17. The Hall–Kier alpha value is -2.77. The molecule has 168 valence electrons. The molecule has 7 heteroatoms. The molecule has 0 amide bonds. The van der Waals surface area contributed by atoms with Gasteiger partial charge in [-0.05, 0) is 78.3 Å². The molecule has 0 unspecified atom stereocenters. The molecule has 2 aromatic carbocycles. The van der Waals surface area contributed by atoms with Crippen LogP contribution in [0.3, 0.4) is 0 Å². The zero-order chi connectivity index (χ0) is 22.5. The predicted octanol–water partition coefficient (Wildman–Crippen LogP) is 4.29. The third-order valence-electron chi connectivity index (χ3n) is 5.83. The van der Waals surface area contributed by atoms with Gasteiger partial charge in [0.2, 0.25) is 0 Å². The van der Waals surface area contributed by atoms with E-state index in [1.165, 1.54) is 17.7 Å². The number of pyridine rings is 1. The number of hydrogen-bond donors (Lipinski definition) is 2. The van der Waals surface area contributed by atoms with Crippen LogP contribution in [-0.4, -0.2) is 34.3 Å². The summed E-state index contributed by atoms with van der Waals surface area (Å²) in [5, 5.41) is 4.84. The molecule has 32 heavy (non-hydrogen) atoms. The molecule has 1 fully saturated rings. The Morgan fingerprint density at radius 3 is 2.69 bits per heavy atom. The number of thiocarbonyl (C=S) groups is 1. The number of halogens is 1. The largest absolute Gasteiger partial charge is 0.376 e. The van der Waals surface area contributed by atoms with Crippen molar-refractivity contribution in [3.05, 3.63) is 81.4 Å². The number of hydrogen-bond acceptors (Lipinski definition) is 3. The maximum atomic E-state index is 13.4. The van der Waals surface area contributed by atoms with Crippen LogP contribution in [0.5, 0.6) is 0 Å². The number of nitrogens with one attached hydrogen (secondary N) is 2. The number of benzene rings is 2. The van der Waals surface area contributed by atoms with E-state index in [9.17, 15) is 9.18 Å². The Balaban J connectivity index is 1.58. The first kappa shape index (κ1) is 22.4. The summed E-state index contributed by atoms with van der Waals surface area (Å²) in [6.45, 7) is 4.33. The van der Waals surface area contributed by atoms with Gasteiger partial charge in [0.05, 0.1) is 12.6 Å². The van der Waals surface area contributed by atoms with Gasteiger partial charge in [-0.25, -0.2) is 4.39 Å². The van der Waals surface area contributed by atoms with Gasteiger partial charge in [-0.1, -0.05) is 25.1 Å². The summed E-state index contributed by atoms with van der Waals surface area (Å²) in [6.07, 6.45) is 3.15. The van der Waals surface area contributed by atoms with Crippen LogP contribution in [0.25, 0.3) is 10.9 Å². The van der Waals surface area contributed by atoms with E-state index in [1.54, 1.807) is 12.1 Å². The Morgan fingerprint density at radius 1 is 1.19 bits per heavy atom. The molecule has 1 atom stereocenters. The van der Waals surface area contributed by atoms with Gasteiger partial charge < -0.3 is 19.9 Å². The fourth-order valence-corrected chi connectivity index (χ4v) is 4.18. The average Bonchev–Trinajstić information content (AvgIpc) is 3.32. The monoisotopic (exact) mass is 453 g/mol. The van der Waals surface area contributed by atoms with Crippen molar-refractivity contribution in [2.45, 2.75) is 45.4 Å². The summed E-state index contributed by atoms with van der Waals surface area (Å²) < 4.78 is 19.1. The molecule has 1 aliphatic heterocycles. The SMILES string of the molecule is CCc1ccc2[nH]c(=O)c(CN(Cc3ccc(F)cc3)C(=S)NC[C@@H]3CCCO3)cc2c1. The number of H-pyrrole nitrogens is 1. The quantitative estimate of drug-likeness (QED) is 0.523. The lowest BCUT2D eigenvalue weighted by Crippen LogP contribution is -2.42. The smallest absolute Gasteiger partial charge is 0.253 e. The molecule has 0 saturated carbocycles. The summed E-state index contributed by atoms with van der Waals surface area (Å²) in [4.78, 5) is 17.7. The maximum absolute atomic E-state index is 13.4. The van der Waals surface area contributed by atoms with E-state index in [4.69, 9.17) is 17.0 Å².